The molecule has 2 heterocycles. The molecule has 0 atom stereocenters. The summed E-state index contributed by atoms with van der Waals surface area (Å²) >= 11 is 3.43. The van der Waals surface area contributed by atoms with Gasteiger partial charge in [0.15, 0.2) is 0 Å². The minimum absolute atomic E-state index is 0.0683. The minimum Gasteiger partial charge on any atom is -0.366 e. The molecule has 1 aliphatic carbocycles. The molecule has 0 spiro atoms. The summed E-state index contributed by atoms with van der Waals surface area (Å²) in [6.45, 7) is 5.84. The maximum atomic E-state index is 12.6. The number of carbonyl (C=O) groups is 2. The van der Waals surface area contributed by atoms with Crippen LogP contribution in [0.5, 0.6) is 0 Å². The van der Waals surface area contributed by atoms with Crippen LogP contribution in [-0.4, -0.2) is 46.1 Å². The topological polar surface area (TPSA) is 93.2 Å². The number of rotatable bonds is 5. The Hall–Kier alpha value is -2.06. The fourth-order valence-electron chi connectivity index (χ4n) is 3.33. The number of halogens is 1. The fraction of sp³-hybridized carbons (Fsp3) is 0.524. The van der Waals surface area contributed by atoms with Crippen LogP contribution in [-0.2, 0) is 9.53 Å². The number of aromatic nitrogens is 2. The lowest BCUT2D eigenvalue weighted by atomic mass is 9.91. The van der Waals surface area contributed by atoms with Crippen molar-refractivity contribution < 1.29 is 14.3 Å². The number of ether oxygens (including phenoxy) is 1. The Morgan fingerprint density at radius 1 is 1.10 bits per heavy atom. The van der Waals surface area contributed by atoms with E-state index < -0.39 is 0 Å². The highest BCUT2D eigenvalue weighted by atomic mass is 79.9. The predicted molar refractivity (Wildman–Crippen MR) is 115 cm³/mol. The van der Waals surface area contributed by atoms with Crippen molar-refractivity contribution >= 4 is 38.6 Å². The number of pyridine rings is 2. The van der Waals surface area contributed by atoms with Crippen molar-refractivity contribution in [1.82, 2.24) is 20.6 Å². The molecule has 2 N–H and O–H groups in total. The van der Waals surface area contributed by atoms with Gasteiger partial charge in [-0.15, -0.1) is 0 Å². The summed E-state index contributed by atoms with van der Waals surface area (Å²) < 4.78 is 6.27. The van der Waals surface area contributed by atoms with Crippen molar-refractivity contribution in [2.75, 3.05) is 6.61 Å². The van der Waals surface area contributed by atoms with Gasteiger partial charge in [-0.05, 0) is 74.5 Å². The molecule has 156 valence electrons. The fourth-order valence-corrected chi connectivity index (χ4v) is 3.76. The van der Waals surface area contributed by atoms with E-state index in [4.69, 9.17) is 4.74 Å². The number of hydrogen-bond donors (Lipinski definition) is 2. The summed E-state index contributed by atoms with van der Waals surface area (Å²) in [5.74, 6) is -0.269. The van der Waals surface area contributed by atoms with E-state index in [1.807, 2.05) is 26.8 Å². The third kappa shape index (κ3) is 6.21. The Kier molecular flexibility index (Phi) is 6.85. The number of amides is 2. The minimum atomic E-state index is -0.331. The van der Waals surface area contributed by atoms with Gasteiger partial charge in [0.25, 0.3) is 5.91 Å². The second kappa shape index (κ2) is 9.17. The molecule has 0 saturated heterocycles. The monoisotopic (exact) mass is 462 g/mol. The first kappa shape index (κ1) is 21.6. The van der Waals surface area contributed by atoms with Crippen molar-refractivity contribution in [2.45, 2.75) is 64.1 Å². The summed E-state index contributed by atoms with van der Waals surface area (Å²) in [4.78, 5) is 33.2. The van der Waals surface area contributed by atoms with E-state index in [0.717, 1.165) is 41.1 Å². The van der Waals surface area contributed by atoms with Gasteiger partial charge in [0.1, 0.15) is 12.3 Å². The molecule has 3 rings (SSSR count). The molecular formula is C21H27BrN4O3. The second-order valence-electron chi connectivity index (χ2n) is 8.38. The summed E-state index contributed by atoms with van der Waals surface area (Å²) in [7, 11) is 0. The van der Waals surface area contributed by atoms with Crippen molar-refractivity contribution in [3.8, 4) is 0 Å². The summed E-state index contributed by atoms with van der Waals surface area (Å²) in [5.41, 5.74) is 0.776. The van der Waals surface area contributed by atoms with E-state index in [1.54, 1.807) is 18.5 Å². The van der Waals surface area contributed by atoms with Gasteiger partial charge >= 0.3 is 0 Å². The van der Waals surface area contributed by atoms with Crippen LogP contribution in [0.1, 0.15) is 56.9 Å². The van der Waals surface area contributed by atoms with E-state index in [9.17, 15) is 9.59 Å². The highest BCUT2D eigenvalue weighted by Gasteiger charge is 2.25. The van der Waals surface area contributed by atoms with Gasteiger partial charge in [-0.1, -0.05) is 0 Å². The molecule has 1 fully saturated rings. The molecule has 0 aromatic carbocycles. The maximum absolute atomic E-state index is 12.6. The van der Waals surface area contributed by atoms with Crippen LogP contribution in [0.15, 0.2) is 29.0 Å². The number of hydrogen-bond acceptors (Lipinski definition) is 5. The van der Waals surface area contributed by atoms with E-state index >= 15 is 0 Å². The van der Waals surface area contributed by atoms with E-state index in [2.05, 4.69) is 36.5 Å². The third-order valence-electron chi connectivity index (χ3n) is 4.85. The van der Waals surface area contributed by atoms with Gasteiger partial charge in [-0.3, -0.25) is 14.6 Å². The zero-order valence-electron chi connectivity index (χ0n) is 17.0. The average molecular weight is 463 g/mol. The third-order valence-corrected chi connectivity index (χ3v) is 5.43. The largest absolute Gasteiger partial charge is 0.366 e. The number of fused-ring (bicyclic) bond motifs is 1. The van der Waals surface area contributed by atoms with Crippen molar-refractivity contribution in [3.05, 3.63) is 34.7 Å². The Bertz CT molecular complexity index is 889. The smallest absolute Gasteiger partial charge is 0.270 e. The number of nitrogens with one attached hydrogen (secondary N) is 2. The van der Waals surface area contributed by atoms with Crippen LogP contribution >= 0.6 is 15.9 Å². The van der Waals surface area contributed by atoms with Crippen LogP contribution in [0.25, 0.3) is 10.9 Å². The van der Waals surface area contributed by atoms with Gasteiger partial charge < -0.3 is 15.4 Å². The van der Waals surface area contributed by atoms with Crippen LogP contribution in [0.4, 0.5) is 0 Å². The lowest BCUT2D eigenvalue weighted by Crippen LogP contribution is -2.45. The first-order valence-corrected chi connectivity index (χ1v) is 10.6. The molecule has 1 aliphatic rings. The first-order chi connectivity index (χ1) is 13.7. The van der Waals surface area contributed by atoms with Crippen molar-refractivity contribution in [1.29, 1.82) is 0 Å². The highest BCUT2D eigenvalue weighted by Crippen LogP contribution is 2.22. The quantitative estimate of drug-likeness (QED) is 0.710. The first-order valence-electron chi connectivity index (χ1n) is 9.86. The van der Waals surface area contributed by atoms with Crippen LogP contribution in [0.2, 0.25) is 0 Å². The normalized spacial score (nSPS) is 19.7. The lowest BCUT2D eigenvalue weighted by molar-refractivity contribution is -0.131. The number of carbonyl (C=O) groups excluding carboxylic acids is 2. The number of nitrogens with zero attached hydrogens (tertiary/aromatic N) is 2. The molecule has 0 unspecified atom stereocenters. The van der Waals surface area contributed by atoms with Gasteiger partial charge in [-0.2, -0.15) is 0 Å². The molecule has 7 nitrogen and oxygen atoms in total. The molecule has 2 aromatic heterocycles. The molecular weight excluding hydrogens is 436 g/mol. The molecule has 1 saturated carbocycles. The zero-order chi connectivity index (χ0) is 21.0. The van der Waals surface area contributed by atoms with E-state index in [0.29, 0.717) is 5.69 Å². The standard InChI is InChI=1S/C21H27BrN4O3/c1-21(2,3)29-12-18(27)24-14-5-7-15(8-6-14)25-20(28)17-9-4-13-10-23-11-16(22)19(13)26-17/h4,9-11,14-15H,5-8,12H2,1-3H3,(H,24,27)(H,25,28). The van der Waals surface area contributed by atoms with E-state index in [1.165, 1.54) is 0 Å². The zero-order valence-corrected chi connectivity index (χ0v) is 18.6. The average Bonchev–Trinajstić information content (AvgIpc) is 2.67. The predicted octanol–water partition coefficient (Wildman–Crippen LogP) is 3.36. The maximum Gasteiger partial charge on any atom is 0.270 e. The Balaban J connectivity index is 1.49. The molecule has 0 aliphatic heterocycles. The van der Waals surface area contributed by atoms with Gasteiger partial charge in [0.05, 0.1) is 15.6 Å². The van der Waals surface area contributed by atoms with E-state index in [-0.39, 0.29) is 36.1 Å². The highest BCUT2D eigenvalue weighted by molar-refractivity contribution is 9.10. The van der Waals surface area contributed by atoms with Gasteiger partial charge in [-0.25, -0.2) is 4.98 Å². The van der Waals surface area contributed by atoms with Gasteiger partial charge in [0.2, 0.25) is 5.91 Å². The Labute approximate surface area is 179 Å². The summed E-state index contributed by atoms with van der Waals surface area (Å²) in [6, 6.07) is 3.77. The molecule has 0 bridgehead atoms. The van der Waals surface area contributed by atoms with Crippen LogP contribution in [0.3, 0.4) is 0 Å². The molecule has 29 heavy (non-hydrogen) atoms. The molecule has 2 aromatic rings. The SMILES string of the molecule is CC(C)(C)OCC(=O)NC1CCC(NC(=O)c2ccc3cncc(Br)c3n2)CC1. The summed E-state index contributed by atoms with van der Waals surface area (Å²) in [6.07, 6.45) is 6.68. The van der Waals surface area contributed by atoms with Crippen molar-refractivity contribution in [2.24, 2.45) is 0 Å². The Morgan fingerprint density at radius 3 is 2.41 bits per heavy atom. The molecule has 0 radical (unpaired) electrons. The van der Waals surface area contributed by atoms with Crippen molar-refractivity contribution in [3.63, 3.8) is 0 Å². The summed E-state index contributed by atoms with van der Waals surface area (Å²) in [5, 5.41) is 6.97. The van der Waals surface area contributed by atoms with Crippen LogP contribution < -0.4 is 10.6 Å². The molecule has 2 amide bonds. The lowest BCUT2D eigenvalue weighted by Gasteiger charge is -2.30. The Morgan fingerprint density at radius 2 is 1.76 bits per heavy atom. The second-order valence-corrected chi connectivity index (χ2v) is 9.23. The van der Waals surface area contributed by atoms with Crippen LogP contribution in [0, 0.1) is 0 Å². The van der Waals surface area contributed by atoms with Gasteiger partial charge in [0, 0.05) is 29.9 Å². The molecule has 8 heteroatoms.